The largest absolute Gasteiger partial charge is 0.464 e. The monoisotopic (exact) mass is 472 g/mol. The van der Waals surface area contributed by atoms with Gasteiger partial charge in [0.2, 0.25) is 15.9 Å². The van der Waals surface area contributed by atoms with Crippen molar-refractivity contribution < 1.29 is 22.4 Å². The maximum Gasteiger partial charge on any atom is 0.243 e. The van der Waals surface area contributed by atoms with Crippen molar-refractivity contribution in [3.63, 3.8) is 0 Å². The number of carbonyl (C=O) groups excluding carboxylic acids is 1. The fourth-order valence-electron chi connectivity index (χ4n) is 4.53. The normalized spacial score (nSPS) is 23.4. The summed E-state index contributed by atoms with van der Waals surface area (Å²) in [6.45, 7) is 4.38. The van der Waals surface area contributed by atoms with Gasteiger partial charge >= 0.3 is 0 Å². The molecule has 5 rings (SSSR count). The van der Waals surface area contributed by atoms with Crippen molar-refractivity contribution in [3.8, 4) is 0 Å². The molecule has 2 atom stereocenters. The number of rotatable bonds is 9. The van der Waals surface area contributed by atoms with Gasteiger partial charge in [-0.25, -0.2) is 8.42 Å². The Morgan fingerprint density at radius 1 is 1.09 bits per heavy atom. The first-order valence-corrected chi connectivity index (χ1v) is 13.4. The zero-order chi connectivity index (χ0) is 23.0. The van der Waals surface area contributed by atoms with Crippen LogP contribution >= 0.6 is 0 Å². The van der Waals surface area contributed by atoms with E-state index in [1.165, 1.54) is 10.7 Å². The van der Waals surface area contributed by atoms with E-state index in [4.69, 9.17) is 9.15 Å². The van der Waals surface area contributed by atoms with E-state index in [2.05, 4.69) is 13.0 Å². The second kappa shape index (κ2) is 9.24. The van der Waals surface area contributed by atoms with E-state index >= 15 is 0 Å². The van der Waals surface area contributed by atoms with E-state index in [0.29, 0.717) is 63.6 Å². The van der Waals surface area contributed by atoms with Gasteiger partial charge < -0.3 is 14.1 Å². The van der Waals surface area contributed by atoms with Crippen LogP contribution in [0.3, 0.4) is 0 Å². The highest BCUT2D eigenvalue weighted by Crippen LogP contribution is 2.47. The molecular weight excluding hydrogens is 440 g/mol. The number of hydrogen-bond donors (Lipinski definition) is 0. The number of morpholine rings is 1. The fraction of sp³-hybridized carbons (Fsp3) is 0.560. The lowest BCUT2D eigenvalue weighted by molar-refractivity contribution is -0.132. The van der Waals surface area contributed by atoms with Gasteiger partial charge in [-0.2, -0.15) is 4.31 Å². The van der Waals surface area contributed by atoms with Crippen LogP contribution in [0.5, 0.6) is 0 Å². The highest BCUT2D eigenvalue weighted by Gasteiger charge is 2.37. The Hall–Kier alpha value is -2.16. The molecular formula is C25H32N2O5S. The summed E-state index contributed by atoms with van der Waals surface area (Å²) in [4.78, 5) is 15.3. The molecule has 33 heavy (non-hydrogen) atoms. The first kappa shape index (κ1) is 22.6. The molecule has 2 aromatic rings. The van der Waals surface area contributed by atoms with Gasteiger partial charge in [-0.1, -0.05) is 19.1 Å². The molecule has 1 saturated heterocycles. The zero-order valence-electron chi connectivity index (χ0n) is 19.1. The van der Waals surface area contributed by atoms with Crippen LogP contribution in [-0.2, 0) is 32.5 Å². The van der Waals surface area contributed by atoms with Crippen molar-refractivity contribution in [3.05, 3.63) is 53.5 Å². The molecule has 2 unspecified atom stereocenters. The van der Waals surface area contributed by atoms with Gasteiger partial charge in [-0.05, 0) is 61.4 Å². The molecule has 178 valence electrons. The Morgan fingerprint density at radius 2 is 1.79 bits per heavy atom. The number of furan rings is 1. The number of hydrogen-bond acceptors (Lipinski definition) is 5. The predicted molar refractivity (Wildman–Crippen MR) is 123 cm³/mol. The number of sulfonamides is 1. The molecule has 1 amide bonds. The first-order valence-electron chi connectivity index (χ1n) is 12.0. The number of benzene rings is 1. The smallest absolute Gasteiger partial charge is 0.243 e. The molecule has 1 aromatic carbocycles. The SMILES string of the molecule is CC1CC1c1ccc(CN(C(=O)CCc2ccc(S(=O)(=O)N3CCOCC3)cc2)C2CC2)o1. The van der Waals surface area contributed by atoms with Gasteiger partial charge in [0.25, 0.3) is 0 Å². The van der Waals surface area contributed by atoms with Crippen molar-refractivity contribution in [2.24, 2.45) is 5.92 Å². The topological polar surface area (TPSA) is 80.1 Å². The molecule has 1 aromatic heterocycles. The molecule has 0 radical (unpaired) electrons. The van der Waals surface area contributed by atoms with Crippen molar-refractivity contribution in [2.45, 2.75) is 62.4 Å². The van der Waals surface area contributed by atoms with Gasteiger partial charge in [-0.3, -0.25) is 4.79 Å². The molecule has 0 spiro atoms. The van der Waals surface area contributed by atoms with Crippen molar-refractivity contribution in [2.75, 3.05) is 26.3 Å². The van der Waals surface area contributed by atoms with Crippen molar-refractivity contribution >= 4 is 15.9 Å². The standard InChI is InChI=1S/C25H32N2O5S/c1-18-16-23(18)24-10-7-21(32-24)17-27(20-5-6-20)25(28)11-4-19-2-8-22(9-3-19)33(29,30)26-12-14-31-15-13-26/h2-3,7-10,18,20,23H,4-6,11-17H2,1H3. The Balaban J connectivity index is 1.17. The molecule has 3 fully saturated rings. The van der Waals surface area contributed by atoms with E-state index in [0.717, 1.165) is 29.9 Å². The second-order valence-corrected chi connectivity index (χ2v) is 11.5. The molecule has 2 saturated carbocycles. The fourth-order valence-corrected chi connectivity index (χ4v) is 5.94. The Kier molecular flexibility index (Phi) is 6.33. The lowest BCUT2D eigenvalue weighted by atomic mass is 10.1. The van der Waals surface area contributed by atoms with Crippen LogP contribution in [0.2, 0.25) is 0 Å². The van der Waals surface area contributed by atoms with E-state index < -0.39 is 10.0 Å². The molecule has 8 heteroatoms. The number of nitrogens with zero attached hydrogens (tertiary/aromatic N) is 2. The Bertz CT molecular complexity index is 1080. The summed E-state index contributed by atoms with van der Waals surface area (Å²) >= 11 is 0. The molecule has 2 heterocycles. The highest BCUT2D eigenvalue weighted by atomic mass is 32.2. The predicted octanol–water partition coefficient (Wildman–Crippen LogP) is 3.55. The molecule has 3 aliphatic rings. The molecule has 0 N–H and O–H groups in total. The van der Waals surface area contributed by atoms with Crippen LogP contribution in [0.1, 0.15) is 55.6 Å². The average Bonchev–Trinajstić information content (AvgIpc) is 3.76. The summed E-state index contributed by atoms with van der Waals surface area (Å²) in [6, 6.07) is 11.3. The summed E-state index contributed by atoms with van der Waals surface area (Å²) in [6.07, 6.45) is 4.27. The third-order valence-corrected chi connectivity index (χ3v) is 8.86. The Labute approximate surface area is 195 Å². The van der Waals surface area contributed by atoms with Crippen LogP contribution in [-0.4, -0.2) is 55.9 Å². The quantitative estimate of drug-likeness (QED) is 0.558. The maximum absolute atomic E-state index is 13.0. The van der Waals surface area contributed by atoms with Crippen molar-refractivity contribution in [1.82, 2.24) is 9.21 Å². The van der Waals surface area contributed by atoms with E-state index in [1.54, 1.807) is 12.1 Å². The van der Waals surface area contributed by atoms with Crippen LogP contribution in [0.4, 0.5) is 0 Å². The van der Waals surface area contributed by atoms with E-state index in [9.17, 15) is 13.2 Å². The molecule has 2 aliphatic carbocycles. The van der Waals surface area contributed by atoms with Crippen LogP contribution < -0.4 is 0 Å². The number of carbonyl (C=O) groups is 1. The molecule has 1 aliphatic heterocycles. The summed E-state index contributed by atoms with van der Waals surface area (Å²) < 4.78 is 38.3. The second-order valence-electron chi connectivity index (χ2n) is 9.54. The summed E-state index contributed by atoms with van der Waals surface area (Å²) in [7, 11) is -3.50. The summed E-state index contributed by atoms with van der Waals surface area (Å²) in [5, 5.41) is 0. The van der Waals surface area contributed by atoms with E-state index in [1.807, 2.05) is 23.1 Å². The lowest BCUT2D eigenvalue weighted by Crippen LogP contribution is -2.40. The number of amides is 1. The molecule has 7 nitrogen and oxygen atoms in total. The Morgan fingerprint density at radius 3 is 2.42 bits per heavy atom. The molecule has 0 bridgehead atoms. The van der Waals surface area contributed by atoms with E-state index in [-0.39, 0.29) is 10.8 Å². The maximum atomic E-state index is 13.0. The highest BCUT2D eigenvalue weighted by molar-refractivity contribution is 7.89. The van der Waals surface area contributed by atoms with Crippen molar-refractivity contribution in [1.29, 1.82) is 0 Å². The van der Waals surface area contributed by atoms with Gasteiger partial charge in [0.1, 0.15) is 11.5 Å². The third kappa shape index (κ3) is 5.18. The minimum Gasteiger partial charge on any atom is -0.464 e. The van der Waals surface area contributed by atoms with Crippen LogP contribution in [0.25, 0.3) is 0 Å². The average molecular weight is 473 g/mol. The first-order chi connectivity index (χ1) is 15.9. The van der Waals surface area contributed by atoms with Gasteiger partial charge in [-0.15, -0.1) is 0 Å². The van der Waals surface area contributed by atoms with Crippen LogP contribution in [0, 0.1) is 5.92 Å². The zero-order valence-corrected chi connectivity index (χ0v) is 19.9. The van der Waals surface area contributed by atoms with Gasteiger partial charge in [0.15, 0.2) is 0 Å². The third-order valence-electron chi connectivity index (χ3n) is 6.95. The minimum atomic E-state index is -3.50. The summed E-state index contributed by atoms with van der Waals surface area (Å²) in [5.41, 5.74) is 0.961. The lowest BCUT2D eigenvalue weighted by Gasteiger charge is -2.26. The number of aryl methyl sites for hydroxylation is 1. The van der Waals surface area contributed by atoms with Gasteiger partial charge in [0, 0.05) is 31.5 Å². The van der Waals surface area contributed by atoms with Crippen LogP contribution in [0.15, 0.2) is 45.7 Å². The minimum absolute atomic E-state index is 0.125. The van der Waals surface area contributed by atoms with Gasteiger partial charge in [0.05, 0.1) is 24.7 Å². The summed E-state index contributed by atoms with van der Waals surface area (Å²) in [5.74, 6) is 3.27. The number of ether oxygens (including phenoxy) is 1.